The highest BCUT2D eigenvalue weighted by Crippen LogP contribution is 2.45. The van der Waals surface area contributed by atoms with Crippen LogP contribution in [0, 0.1) is 5.92 Å². The largest absolute Gasteiger partial charge is 0.250 e. The van der Waals surface area contributed by atoms with Crippen LogP contribution in [0.3, 0.4) is 0 Å². The zero-order valence-corrected chi connectivity index (χ0v) is 13.2. The molecule has 1 saturated carbocycles. The van der Waals surface area contributed by atoms with E-state index in [0.717, 1.165) is 10.5 Å². The first-order valence-electron chi connectivity index (χ1n) is 6.21. The van der Waals surface area contributed by atoms with Gasteiger partial charge in [0.2, 0.25) is 0 Å². The molecule has 0 N–H and O–H groups in total. The number of hydrogen-bond donors (Lipinski definition) is 0. The average molecular weight is 298 g/mol. The Labute approximate surface area is 109 Å². The summed E-state index contributed by atoms with van der Waals surface area (Å²) in [7, 11) is -0.200. The van der Waals surface area contributed by atoms with Gasteiger partial charge in [-0.2, -0.15) is 0 Å². The predicted molar refractivity (Wildman–Crippen MR) is 76.1 cm³/mol. The highest BCUT2D eigenvalue weighted by atomic mass is 79.9. The number of pyridine rings is 1. The Kier molecular flexibility index (Phi) is 3.85. The molecule has 1 aromatic heterocycles. The minimum Gasteiger partial charge on any atom is -0.250 e. The van der Waals surface area contributed by atoms with Crippen molar-refractivity contribution in [2.24, 2.45) is 5.92 Å². The molecule has 1 heterocycles. The summed E-state index contributed by atoms with van der Waals surface area (Å²) in [5.74, 6) is 0.900. The lowest BCUT2D eigenvalue weighted by Crippen LogP contribution is -2.35. The normalized spacial score (nSPS) is 31.1. The van der Waals surface area contributed by atoms with Crippen LogP contribution in [0.15, 0.2) is 22.9 Å². The monoisotopic (exact) mass is 297 g/mol. The van der Waals surface area contributed by atoms with Crippen molar-refractivity contribution in [2.75, 3.05) is 0 Å². The predicted octanol–water partition coefficient (Wildman–Crippen LogP) is 3.03. The number of rotatable bonds is 2. The second-order valence-electron chi connectivity index (χ2n) is 5.47. The number of nitrogens with zero attached hydrogens (tertiary/aromatic N) is 1. The third-order valence-electron chi connectivity index (χ3n) is 4.22. The molecule has 0 aromatic carbocycles. The summed E-state index contributed by atoms with van der Waals surface area (Å²) in [5, 5.41) is 2.13. The lowest BCUT2D eigenvalue weighted by atomic mass is 9.81. The molecular formula is C13H20BrNSi. The van der Waals surface area contributed by atoms with Gasteiger partial charge < -0.3 is 0 Å². The van der Waals surface area contributed by atoms with Gasteiger partial charge in [0.15, 0.2) is 0 Å². The standard InChI is InChI=1S/C13H20BrNSi/c1-10-5-3-4-8-13(10,2)16-11-6-7-12(14)15-9-11/h6-7,9-10H,3-5,8,16H2,1-2H3. The first-order chi connectivity index (χ1) is 7.60. The van der Waals surface area contributed by atoms with Gasteiger partial charge in [0, 0.05) is 6.20 Å². The number of halogens is 1. The van der Waals surface area contributed by atoms with Crippen LogP contribution in [-0.4, -0.2) is 14.5 Å². The molecule has 3 heteroatoms. The van der Waals surface area contributed by atoms with Crippen molar-refractivity contribution in [1.29, 1.82) is 0 Å². The molecule has 88 valence electrons. The van der Waals surface area contributed by atoms with E-state index in [9.17, 15) is 0 Å². The maximum absolute atomic E-state index is 4.35. The van der Waals surface area contributed by atoms with Crippen LogP contribution in [0.2, 0.25) is 5.04 Å². The van der Waals surface area contributed by atoms with Gasteiger partial charge in [-0.25, -0.2) is 4.98 Å². The Bertz CT molecular complexity index is 351. The Morgan fingerprint density at radius 2 is 2.25 bits per heavy atom. The molecule has 0 spiro atoms. The minimum atomic E-state index is -0.200. The van der Waals surface area contributed by atoms with Crippen LogP contribution in [0.4, 0.5) is 0 Å². The molecule has 2 unspecified atom stereocenters. The molecule has 0 radical (unpaired) electrons. The van der Waals surface area contributed by atoms with E-state index in [4.69, 9.17) is 0 Å². The lowest BCUT2D eigenvalue weighted by molar-refractivity contribution is 0.293. The number of hydrogen-bond acceptors (Lipinski definition) is 1. The molecule has 2 atom stereocenters. The second-order valence-corrected chi connectivity index (χ2v) is 9.06. The second kappa shape index (κ2) is 5.01. The highest BCUT2D eigenvalue weighted by molar-refractivity contribution is 9.10. The third kappa shape index (κ3) is 2.75. The van der Waals surface area contributed by atoms with Crippen molar-refractivity contribution < 1.29 is 0 Å². The van der Waals surface area contributed by atoms with Crippen LogP contribution < -0.4 is 5.19 Å². The van der Waals surface area contributed by atoms with Crippen molar-refractivity contribution in [2.45, 2.75) is 44.6 Å². The molecule has 1 fully saturated rings. The Hall–Kier alpha value is -0.153. The zero-order valence-electron chi connectivity index (χ0n) is 10.2. The van der Waals surface area contributed by atoms with Crippen molar-refractivity contribution >= 4 is 30.6 Å². The van der Waals surface area contributed by atoms with Gasteiger partial charge >= 0.3 is 0 Å². The van der Waals surface area contributed by atoms with Crippen molar-refractivity contribution in [3.05, 3.63) is 22.9 Å². The molecule has 1 aliphatic rings. The fraction of sp³-hybridized carbons (Fsp3) is 0.615. The molecule has 0 amide bonds. The smallest absolute Gasteiger partial charge is 0.106 e. The first kappa shape index (κ1) is 12.3. The quantitative estimate of drug-likeness (QED) is 0.604. The summed E-state index contributed by atoms with van der Waals surface area (Å²) in [4.78, 5) is 4.35. The summed E-state index contributed by atoms with van der Waals surface area (Å²) in [5.41, 5.74) is 0. The summed E-state index contributed by atoms with van der Waals surface area (Å²) < 4.78 is 0.951. The van der Waals surface area contributed by atoms with Crippen LogP contribution in [0.5, 0.6) is 0 Å². The average Bonchev–Trinajstić information content (AvgIpc) is 2.26. The van der Waals surface area contributed by atoms with Gasteiger partial charge in [-0.3, -0.25) is 0 Å². The molecule has 0 bridgehead atoms. The lowest BCUT2D eigenvalue weighted by Gasteiger charge is -2.39. The van der Waals surface area contributed by atoms with Gasteiger partial charge in [-0.15, -0.1) is 0 Å². The summed E-state index contributed by atoms with van der Waals surface area (Å²) >= 11 is 3.40. The SMILES string of the molecule is CC1CCCCC1(C)[SiH2]c1ccc(Br)nc1. The Morgan fingerprint density at radius 1 is 1.44 bits per heavy atom. The summed E-state index contributed by atoms with van der Waals surface area (Å²) in [6, 6.07) is 4.34. The third-order valence-corrected chi connectivity index (χ3v) is 7.38. The van der Waals surface area contributed by atoms with Crippen molar-refractivity contribution in [3.63, 3.8) is 0 Å². The highest BCUT2D eigenvalue weighted by Gasteiger charge is 2.33. The molecule has 16 heavy (non-hydrogen) atoms. The summed E-state index contributed by atoms with van der Waals surface area (Å²) in [6.07, 6.45) is 7.79. The van der Waals surface area contributed by atoms with E-state index in [2.05, 4.69) is 53.1 Å². The van der Waals surface area contributed by atoms with Crippen LogP contribution >= 0.6 is 15.9 Å². The van der Waals surface area contributed by atoms with Gasteiger partial charge in [0.05, 0.1) is 9.52 Å². The molecule has 1 aromatic rings. The topological polar surface area (TPSA) is 12.9 Å². The molecule has 0 aliphatic heterocycles. The van der Waals surface area contributed by atoms with E-state index in [1.807, 2.05) is 0 Å². The van der Waals surface area contributed by atoms with Crippen LogP contribution in [0.25, 0.3) is 0 Å². The zero-order chi connectivity index (χ0) is 11.6. The first-order valence-corrected chi connectivity index (χ1v) is 8.41. The van der Waals surface area contributed by atoms with Crippen molar-refractivity contribution in [1.82, 2.24) is 4.98 Å². The van der Waals surface area contributed by atoms with E-state index in [0.29, 0.717) is 5.04 Å². The van der Waals surface area contributed by atoms with E-state index >= 15 is 0 Å². The Balaban J connectivity index is 2.10. The fourth-order valence-corrected chi connectivity index (χ4v) is 5.38. The van der Waals surface area contributed by atoms with Crippen LogP contribution in [-0.2, 0) is 0 Å². The number of aromatic nitrogens is 1. The maximum atomic E-state index is 4.35. The molecule has 2 rings (SSSR count). The van der Waals surface area contributed by atoms with E-state index in [1.165, 1.54) is 30.9 Å². The van der Waals surface area contributed by atoms with Crippen LogP contribution in [0.1, 0.15) is 39.5 Å². The van der Waals surface area contributed by atoms with E-state index in [-0.39, 0.29) is 9.52 Å². The minimum absolute atomic E-state index is 0.200. The van der Waals surface area contributed by atoms with E-state index < -0.39 is 0 Å². The summed E-state index contributed by atoms with van der Waals surface area (Å²) in [6.45, 7) is 4.95. The van der Waals surface area contributed by atoms with E-state index in [1.54, 1.807) is 0 Å². The van der Waals surface area contributed by atoms with Gasteiger partial charge in [-0.1, -0.05) is 45.6 Å². The molecule has 1 nitrogen and oxygen atoms in total. The van der Waals surface area contributed by atoms with Gasteiger partial charge in [0.25, 0.3) is 0 Å². The molecule has 1 aliphatic carbocycles. The molecular weight excluding hydrogens is 278 g/mol. The maximum Gasteiger partial charge on any atom is 0.106 e. The molecule has 0 saturated heterocycles. The van der Waals surface area contributed by atoms with Crippen molar-refractivity contribution in [3.8, 4) is 0 Å². The van der Waals surface area contributed by atoms with Gasteiger partial charge in [0.1, 0.15) is 4.60 Å². The Morgan fingerprint density at radius 3 is 2.88 bits per heavy atom. The van der Waals surface area contributed by atoms with Gasteiger partial charge in [-0.05, 0) is 38.1 Å². The fourth-order valence-electron chi connectivity index (χ4n) is 2.81.